The van der Waals surface area contributed by atoms with E-state index >= 15 is 0 Å². The zero-order valence-electron chi connectivity index (χ0n) is 5.26. The van der Waals surface area contributed by atoms with Crippen molar-refractivity contribution in [3.63, 3.8) is 0 Å². The molecule has 0 aromatic rings. The van der Waals surface area contributed by atoms with E-state index in [9.17, 15) is 8.78 Å². The number of hydrogen-bond acceptors (Lipinski definition) is 2. The first-order valence-corrected chi connectivity index (χ1v) is 4.26. The quantitative estimate of drug-likeness (QED) is 0.574. The van der Waals surface area contributed by atoms with E-state index in [1.54, 1.807) is 5.55 Å². The molecule has 2 rings (SSSR count). The van der Waals surface area contributed by atoms with E-state index in [0.717, 1.165) is 5.75 Å². The molecular weight excluding hydrogens is 156 g/mol. The molecule has 0 aromatic heterocycles. The van der Waals surface area contributed by atoms with Crippen molar-refractivity contribution < 1.29 is 8.78 Å². The van der Waals surface area contributed by atoms with Gasteiger partial charge in [0.15, 0.2) is 0 Å². The molecule has 10 heavy (non-hydrogen) atoms. The monoisotopic (exact) mass is 163 g/mol. The van der Waals surface area contributed by atoms with Gasteiger partial charge in [0.1, 0.15) is 0 Å². The first kappa shape index (κ1) is 6.58. The molecule has 1 heterocycles. The molecule has 2 unspecified atom stereocenters. The van der Waals surface area contributed by atoms with Crippen LogP contribution in [0.25, 0.3) is 0 Å². The molecule has 2 aliphatic rings. The summed E-state index contributed by atoms with van der Waals surface area (Å²) in [6.45, 7) is 0. The van der Waals surface area contributed by atoms with Crippen molar-refractivity contribution in [1.29, 1.82) is 0 Å². The summed E-state index contributed by atoms with van der Waals surface area (Å²) >= 11 is 1.53. The van der Waals surface area contributed by atoms with Crippen LogP contribution in [-0.2, 0) is 0 Å². The second kappa shape index (κ2) is 1.94. The van der Waals surface area contributed by atoms with Gasteiger partial charge in [0, 0.05) is 12.2 Å². The number of hydrogen-bond donors (Lipinski definition) is 0. The number of rotatable bonds is 1. The first-order chi connectivity index (χ1) is 4.70. The Morgan fingerprint density at radius 2 is 2.30 bits per heavy atom. The largest absolute Gasteiger partial charge is 0.282 e. The average molecular weight is 163 g/mol. The number of halogens is 2. The van der Waals surface area contributed by atoms with Crippen molar-refractivity contribution in [3.8, 4) is 0 Å². The summed E-state index contributed by atoms with van der Waals surface area (Å²) in [6, 6.07) is -0.0972. The molecule has 56 valence electrons. The summed E-state index contributed by atoms with van der Waals surface area (Å²) in [4.78, 5) is 3.95. The Morgan fingerprint density at radius 3 is 2.70 bits per heavy atom. The molecule has 2 atom stereocenters. The summed E-state index contributed by atoms with van der Waals surface area (Å²) < 4.78 is 24.7. The number of aliphatic imine (C=N–C) groups is 1. The molecule has 1 saturated carbocycles. The molecule has 4 heteroatoms. The van der Waals surface area contributed by atoms with E-state index in [0.29, 0.717) is 0 Å². The van der Waals surface area contributed by atoms with Crippen LogP contribution >= 0.6 is 11.8 Å². The molecule has 1 aliphatic carbocycles. The fourth-order valence-electron chi connectivity index (χ4n) is 1.18. The maximum atomic E-state index is 12.4. The number of alkyl halides is 2. The number of thioether (sulfide) groups is 1. The van der Waals surface area contributed by atoms with Crippen LogP contribution in [0.3, 0.4) is 0 Å². The van der Waals surface area contributed by atoms with Crippen LogP contribution in [0.1, 0.15) is 6.42 Å². The molecule has 1 aliphatic heterocycles. The molecule has 0 spiro atoms. The van der Waals surface area contributed by atoms with Gasteiger partial charge in [-0.1, -0.05) is 0 Å². The highest BCUT2D eigenvalue weighted by atomic mass is 32.2. The maximum absolute atomic E-state index is 12.4. The van der Waals surface area contributed by atoms with E-state index in [-0.39, 0.29) is 12.5 Å². The van der Waals surface area contributed by atoms with Gasteiger partial charge in [-0.3, -0.25) is 4.99 Å². The van der Waals surface area contributed by atoms with Crippen molar-refractivity contribution in [1.82, 2.24) is 0 Å². The lowest BCUT2D eigenvalue weighted by molar-refractivity contribution is 0.0952. The van der Waals surface area contributed by atoms with Gasteiger partial charge in [0.2, 0.25) is 0 Å². The summed E-state index contributed by atoms with van der Waals surface area (Å²) in [6.07, 6.45) is 0.0512. The Morgan fingerprint density at radius 1 is 1.60 bits per heavy atom. The standard InChI is InChI=1S/C6H7F2NS/c7-6(8)1-4(6)5-2-10-3-9-5/h3-5H,1-2H2. The van der Waals surface area contributed by atoms with Crippen LogP contribution in [0, 0.1) is 5.92 Å². The number of nitrogens with zero attached hydrogens (tertiary/aromatic N) is 1. The minimum Gasteiger partial charge on any atom is -0.282 e. The molecule has 0 N–H and O–H groups in total. The third kappa shape index (κ3) is 0.944. The van der Waals surface area contributed by atoms with Gasteiger partial charge in [0.25, 0.3) is 5.92 Å². The van der Waals surface area contributed by atoms with Crippen molar-refractivity contribution in [2.75, 3.05) is 5.75 Å². The Kier molecular flexibility index (Phi) is 1.27. The van der Waals surface area contributed by atoms with Gasteiger partial charge >= 0.3 is 0 Å². The minimum atomic E-state index is -2.40. The lowest BCUT2D eigenvalue weighted by Crippen LogP contribution is -2.11. The van der Waals surface area contributed by atoms with Crippen LogP contribution in [0.5, 0.6) is 0 Å². The Balaban J connectivity index is 1.97. The van der Waals surface area contributed by atoms with Gasteiger partial charge < -0.3 is 0 Å². The zero-order valence-corrected chi connectivity index (χ0v) is 6.07. The van der Waals surface area contributed by atoms with E-state index in [2.05, 4.69) is 4.99 Å². The SMILES string of the molecule is FC1(F)CC1C1CSC=N1. The molecule has 1 nitrogen and oxygen atoms in total. The summed E-state index contributed by atoms with van der Waals surface area (Å²) in [5.74, 6) is -2.09. The van der Waals surface area contributed by atoms with Crippen LogP contribution in [0.15, 0.2) is 4.99 Å². The lowest BCUT2D eigenvalue weighted by atomic mass is 10.2. The van der Waals surface area contributed by atoms with E-state index in [4.69, 9.17) is 0 Å². The predicted octanol–water partition coefficient (Wildman–Crippen LogP) is 1.79. The van der Waals surface area contributed by atoms with Crippen LogP contribution < -0.4 is 0 Å². The van der Waals surface area contributed by atoms with Gasteiger partial charge in [0.05, 0.1) is 17.5 Å². The molecule has 1 fully saturated rings. The zero-order chi connectivity index (χ0) is 7.19. The molecule has 0 bridgehead atoms. The van der Waals surface area contributed by atoms with Crippen LogP contribution in [0.4, 0.5) is 8.78 Å². The Bertz CT molecular complexity index is 181. The third-order valence-corrected chi connectivity index (χ3v) is 2.74. The smallest absolute Gasteiger partial charge is 0.253 e. The van der Waals surface area contributed by atoms with Crippen molar-refractivity contribution >= 4 is 17.3 Å². The van der Waals surface area contributed by atoms with Gasteiger partial charge in [-0.05, 0) is 0 Å². The minimum absolute atomic E-state index is 0.0512. The Labute approximate surface area is 61.9 Å². The van der Waals surface area contributed by atoms with Gasteiger partial charge in [-0.2, -0.15) is 0 Å². The fraction of sp³-hybridized carbons (Fsp3) is 0.833. The highest BCUT2D eigenvalue weighted by Gasteiger charge is 2.60. The molecular formula is C6H7F2NS. The molecule has 0 amide bonds. The molecule has 0 saturated heterocycles. The highest BCUT2D eigenvalue weighted by molar-refractivity contribution is 8.12. The fourth-order valence-corrected chi connectivity index (χ4v) is 2.02. The average Bonchev–Trinajstić information content (AvgIpc) is 2.31. The van der Waals surface area contributed by atoms with E-state index in [1.807, 2.05) is 0 Å². The van der Waals surface area contributed by atoms with Crippen molar-refractivity contribution in [3.05, 3.63) is 0 Å². The topological polar surface area (TPSA) is 12.4 Å². The van der Waals surface area contributed by atoms with Crippen LogP contribution in [0.2, 0.25) is 0 Å². The molecule has 0 radical (unpaired) electrons. The third-order valence-electron chi connectivity index (χ3n) is 1.93. The lowest BCUT2D eigenvalue weighted by Gasteiger charge is -2.01. The van der Waals surface area contributed by atoms with Crippen LogP contribution in [-0.4, -0.2) is 23.3 Å². The second-order valence-electron chi connectivity index (χ2n) is 2.73. The van der Waals surface area contributed by atoms with E-state index < -0.39 is 11.8 Å². The second-order valence-corrected chi connectivity index (χ2v) is 3.60. The maximum Gasteiger partial charge on any atom is 0.253 e. The predicted molar refractivity (Wildman–Crippen MR) is 37.8 cm³/mol. The van der Waals surface area contributed by atoms with Crippen molar-refractivity contribution in [2.24, 2.45) is 10.9 Å². The van der Waals surface area contributed by atoms with Gasteiger partial charge in [-0.25, -0.2) is 8.78 Å². The Hall–Kier alpha value is -0.120. The van der Waals surface area contributed by atoms with E-state index in [1.165, 1.54) is 11.8 Å². The van der Waals surface area contributed by atoms with Gasteiger partial charge in [-0.15, -0.1) is 11.8 Å². The normalized spacial score (nSPS) is 42.2. The van der Waals surface area contributed by atoms with Crippen molar-refractivity contribution in [2.45, 2.75) is 18.4 Å². The summed E-state index contributed by atoms with van der Waals surface area (Å²) in [5.41, 5.74) is 1.68. The first-order valence-electron chi connectivity index (χ1n) is 3.21. The summed E-state index contributed by atoms with van der Waals surface area (Å²) in [5, 5.41) is 0. The highest BCUT2D eigenvalue weighted by Crippen LogP contribution is 2.52. The molecule has 0 aromatic carbocycles. The summed E-state index contributed by atoms with van der Waals surface area (Å²) in [7, 11) is 0.